The Balaban J connectivity index is 2.46. The van der Waals surface area contributed by atoms with Crippen molar-refractivity contribution < 1.29 is 13.2 Å². The van der Waals surface area contributed by atoms with Crippen LogP contribution < -0.4 is 0 Å². The van der Waals surface area contributed by atoms with Crippen molar-refractivity contribution in [3.63, 3.8) is 0 Å². The van der Waals surface area contributed by atoms with Gasteiger partial charge in [0.25, 0.3) is 0 Å². The summed E-state index contributed by atoms with van der Waals surface area (Å²) in [5.41, 5.74) is 0.617. The first kappa shape index (κ1) is 14.5. The minimum absolute atomic E-state index is 0.0145. The Bertz CT molecular complexity index is 629. The van der Waals surface area contributed by atoms with Gasteiger partial charge in [-0.3, -0.25) is 0 Å². The summed E-state index contributed by atoms with van der Waals surface area (Å²) in [6.45, 7) is 0. The summed E-state index contributed by atoms with van der Waals surface area (Å²) in [7, 11) is 0. The molecule has 0 nitrogen and oxygen atoms in total. The lowest BCUT2D eigenvalue weighted by Crippen LogP contribution is -1.98. The molecule has 0 aliphatic heterocycles. The van der Waals surface area contributed by atoms with Crippen LogP contribution in [-0.2, 0) is 0 Å². The fourth-order valence-corrected chi connectivity index (χ4v) is 2.40. The maximum Gasteiger partial charge on any atom is 0.160 e. The van der Waals surface area contributed by atoms with E-state index in [1.165, 1.54) is 12.1 Å². The van der Waals surface area contributed by atoms with Gasteiger partial charge in [-0.1, -0.05) is 29.3 Å². The highest BCUT2D eigenvalue weighted by atomic mass is 35.5. The predicted octanol–water partition coefficient (Wildman–Crippen LogP) is 5.74. The van der Waals surface area contributed by atoms with Gasteiger partial charge in [-0.05, 0) is 35.4 Å². The first-order valence-corrected chi connectivity index (χ1v) is 6.33. The summed E-state index contributed by atoms with van der Waals surface area (Å²) in [4.78, 5) is 0. The molecule has 0 N–H and O–H groups in total. The third-order valence-corrected chi connectivity index (χ3v) is 3.65. The third-order valence-electron chi connectivity index (χ3n) is 2.55. The van der Waals surface area contributed by atoms with E-state index in [1.54, 1.807) is 0 Å². The normalized spacial score (nSPS) is 12.5. The molecule has 0 saturated carbocycles. The summed E-state index contributed by atoms with van der Waals surface area (Å²) in [5.74, 6) is -2.71. The van der Waals surface area contributed by atoms with Gasteiger partial charge in [0.05, 0.1) is 10.4 Å². The van der Waals surface area contributed by atoms with Gasteiger partial charge in [0.1, 0.15) is 5.82 Å². The lowest BCUT2D eigenvalue weighted by atomic mass is 10.0. The zero-order valence-corrected chi connectivity index (χ0v) is 11.5. The number of hydrogen-bond acceptors (Lipinski definition) is 0. The van der Waals surface area contributed by atoms with Crippen molar-refractivity contribution >= 4 is 34.8 Å². The van der Waals surface area contributed by atoms with Gasteiger partial charge in [0, 0.05) is 5.02 Å². The molecule has 1 atom stereocenters. The van der Waals surface area contributed by atoms with Crippen molar-refractivity contribution in [2.45, 2.75) is 5.38 Å². The number of benzene rings is 2. The van der Waals surface area contributed by atoms with Crippen LogP contribution in [0.3, 0.4) is 0 Å². The second-order valence-electron chi connectivity index (χ2n) is 3.82. The van der Waals surface area contributed by atoms with Crippen LogP contribution in [-0.4, -0.2) is 0 Å². The Morgan fingerprint density at radius 3 is 2.05 bits per heavy atom. The molecule has 0 aromatic heterocycles. The van der Waals surface area contributed by atoms with Crippen LogP contribution in [0.2, 0.25) is 10.0 Å². The third kappa shape index (κ3) is 2.99. The molecule has 0 spiro atoms. The molecule has 1 unspecified atom stereocenters. The second kappa shape index (κ2) is 5.61. The van der Waals surface area contributed by atoms with E-state index < -0.39 is 22.8 Å². The van der Waals surface area contributed by atoms with E-state index in [2.05, 4.69) is 0 Å². The highest BCUT2D eigenvalue weighted by molar-refractivity contribution is 6.33. The van der Waals surface area contributed by atoms with Gasteiger partial charge in [-0.2, -0.15) is 0 Å². The van der Waals surface area contributed by atoms with E-state index in [9.17, 15) is 13.2 Å². The summed E-state index contributed by atoms with van der Waals surface area (Å²) >= 11 is 17.6. The Morgan fingerprint density at radius 1 is 0.789 bits per heavy atom. The minimum Gasteiger partial charge on any atom is -0.205 e. The first-order chi connectivity index (χ1) is 8.90. The maximum atomic E-state index is 13.2. The van der Waals surface area contributed by atoms with Crippen molar-refractivity contribution in [3.8, 4) is 0 Å². The standard InChI is InChI=1S/C13H6Cl3F3/c14-8-5-12(19)11(18)4-7(8)13(16)6-1-2-10(17)9(15)3-6/h1-5,13H. The zero-order valence-electron chi connectivity index (χ0n) is 9.23. The number of alkyl halides is 1. The van der Waals surface area contributed by atoms with Crippen LogP contribution in [0.25, 0.3) is 0 Å². The van der Waals surface area contributed by atoms with Crippen molar-refractivity contribution in [2.24, 2.45) is 0 Å². The van der Waals surface area contributed by atoms with Gasteiger partial charge >= 0.3 is 0 Å². The molecule has 0 amide bonds. The van der Waals surface area contributed by atoms with Crippen LogP contribution in [0.4, 0.5) is 13.2 Å². The maximum absolute atomic E-state index is 13.2. The fraction of sp³-hybridized carbons (Fsp3) is 0.0769. The van der Waals surface area contributed by atoms with Gasteiger partial charge in [-0.15, -0.1) is 11.6 Å². The number of halogens is 6. The smallest absolute Gasteiger partial charge is 0.160 e. The Morgan fingerprint density at radius 2 is 1.42 bits per heavy atom. The molecule has 2 rings (SSSR count). The Kier molecular flexibility index (Phi) is 4.29. The lowest BCUT2D eigenvalue weighted by Gasteiger charge is -2.13. The Hall–Kier alpha value is -0.900. The van der Waals surface area contributed by atoms with E-state index in [-0.39, 0.29) is 15.6 Å². The molecule has 0 saturated heterocycles. The molecule has 0 radical (unpaired) electrons. The lowest BCUT2D eigenvalue weighted by molar-refractivity contribution is 0.507. The van der Waals surface area contributed by atoms with Crippen molar-refractivity contribution in [3.05, 3.63) is 69.0 Å². The minimum atomic E-state index is -1.06. The van der Waals surface area contributed by atoms with Gasteiger partial charge in [0.2, 0.25) is 0 Å². The summed E-state index contributed by atoms with van der Waals surface area (Å²) in [6.07, 6.45) is 0. The van der Waals surface area contributed by atoms with Crippen molar-refractivity contribution in [2.75, 3.05) is 0 Å². The molecule has 0 aliphatic carbocycles. The Labute approximate surface area is 122 Å². The SMILES string of the molecule is Fc1cc(Cl)c(C(Cl)c2ccc(F)c(Cl)c2)cc1F. The van der Waals surface area contributed by atoms with Gasteiger partial charge in [-0.25, -0.2) is 13.2 Å². The topological polar surface area (TPSA) is 0 Å². The molecule has 0 bridgehead atoms. The van der Waals surface area contributed by atoms with Crippen LogP contribution >= 0.6 is 34.8 Å². The highest BCUT2D eigenvalue weighted by Gasteiger charge is 2.18. The van der Waals surface area contributed by atoms with Crippen molar-refractivity contribution in [1.82, 2.24) is 0 Å². The molecule has 6 heteroatoms. The molecule has 100 valence electrons. The average Bonchev–Trinajstić information content (AvgIpc) is 2.36. The molecule has 0 aliphatic rings. The molecule has 0 fully saturated rings. The molecule has 0 heterocycles. The number of rotatable bonds is 2. The van der Waals surface area contributed by atoms with E-state index in [0.717, 1.165) is 18.2 Å². The quantitative estimate of drug-likeness (QED) is 0.488. The van der Waals surface area contributed by atoms with Crippen LogP contribution in [0.5, 0.6) is 0 Å². The van der Waals surface area contributed by atoms with Gasteiger partial charge < -0.3 is 0 Å². The summed E-state index contributed by atoms with van der Waals surface area (Å²) in [5, 5.41) is -0.984. The molecule has 2 aromatic rings. The molecular weight excluding hydrogens is 319 g/mol. The molecule has 2 aromatic carbocycles. The largest absolute Gasteiger partial charge is 0.205 e. The van der Waals surface area contributed by atoms with E-state index in [1.807, 2.05) is 0 Å². The van der Waals surface area contributed by atoms with Crippen LogP contribution in [0.1, 0.15) is 16.5 Å². The zero-order chi connectivity index (χ0) is 14.2. The molecular formula is C13H6Cl3F3. The second-order valence-corrected chi connectivity index (χ2v) is 5.07. The van der Waals surface area contributed by atoms with Gasteiger partial charge in [0.15, 0.2) is 11.6 Å². The fourth-order valence-electron chi connectivity index (χ4n) is 1.58. The van der Waals surface area contributed by atoms with Crippen molar-refractivity contribution in [1.29, 1.82) is 0 Å². The number of hydrogen-bond donors (Lipinski definition) is 0. The first-order valence-electron chi connectivity index (χ1n) is 5.13. The van der Waals surface area contributed by atoms with E-state index >= 15 is 0 Å². The van der Waals surface area contributed by atoms with Crippen LogP contribution in [0, 0.1) is 17.5 Å². The monoisotopic (exact) mass is 324 g/mol. The van der Waals surface area contributed by atoms with E-state index in [4.69, 9.17) is 34.8 Å². The average molecular weight is 326 g/mol. The summed E-state index contributed by atoms with van der Waals surface area (Å²) in [6, 6.07) is 5.60. The predicted molar refractivity (Wildman–Crippen MR) is 70.5 cm³/mol. The van der Waals surface area contributed by atoms with E-state index in [0.29, 0.717) is 5.56 Å². The summed E-state index contributed by atoms with van der Waals surface area (Å²) < 4.78 is 39.2. The highest BCUT2D eigenvalue weighted by Crippen LogP contribution is 2.36. The molecule has 19 heavy (non-hydrogen) atoms. The van der Waals surface area contributed by atoms with Crippen LogP contribution in [0.15, 0.2) is 30.3 Å².